The standard InChI is InChI=1S/C17H22N2O4/c1-3-19(12-6-4-5-7-12)16(20)11-23-15-10-13(22-2)8-9-14(15)17(18)21/h6,8-10H,3-5,7,11H2,1-2H3,(H2,18,21). The van der Waals surface area contributed by atoms with Gasteiger partial charge in [-0.05, 0) is 38.3 Å². The molecule has 2 amide bonds. The van der Waals surface area contributed by atoms with E-state index in [0.29, 0.717) is 12.3 Å². The first-order valence-corrected chi connectivity index (χ1v) is 7.66. The number of primary amides is 1. The van der Waals surface area contributed by atoms with Gasteiger partial charge in [-0.2, -0.15) is 0 Å². The van der Waals surface area contributed by atoms with Crippen LogP contribution < -0.4 is 15.2 Å². The van der Waals surface area contributed by atoms with E-state index in [4.69, 9.17) is 15.2 Å². The monoisotopic (exact) mass is 318 g/mol. The van der Waals surface area contributed by atoms with Crippen molar-refractivity contribution >= 4 is 11.8 Å². The van der Waals surface area contributed by atoms with E-state index in [0.717, 1.165) is 25.0 Å². The Morgan fingerprint density at radius 2 is 2.13 bits per heavy atom. The minimum atomic E-state index is -0.610. The Hall–Kier alpha value is -2.50. The zero-order valence-corrected chi connectivity index (χ0v) is 13.5. The molecule has 0 radical (unpaired) electrons. The van der Waals surface area contributed by atoms with E-state index < -0.39 is 5.91 Å². The number of nitrogens with two attached hydrogens (primary N) is 1. The minimum absolute atomic E-state index is 0.140. The van der Waals surface area contributed by atoms with Gasteiger partial charge in [0.25, 0.3) is 11.8 Å². The predicted molar refractivity (Wildman–Crippen MR) is 86.3 cm³/mol. The predicted octanol–water partition coefficient (Wildman–Crippen LogP) is 2.09. The van der Waals surface area contributed by atoms with E-state index in [2.05, 4.69) is 6.08 Å². The van der Waals surface area contributed by atoms with Gasteiger partial charge >= 0.3 is 0 Å². The van der Waals surface area contributed by atoms with E-state index in [1.165, 1.54) is 13.2 Å². The summed E-state index contributed by atoms with van der Waals surface area (Å²) in [6, 6.07) is 4.70. The summed E-state index contributed by atoms with van der Waals surface area (Å²) in [4.78, 5) is 25.6. The van der Waals surface area contributed by atoms with Crippen LogP contribution in [0.3, 0.4) is 0 Å². The molecule has 1 aromatic carbocycles. The molecule has 23 heavy (non-hydrogen) atoms. The molecule has 6 heteroatoms. The van der Waals surface area contributed by atoms with E-state index in [1.807, 2.05) is 6.92 Å². The summed E-state index contributed by atoms with van der Waals surface area (Å²) in [5, 5.41) is 0. The zero-order chi connectivity index (χ0) is 16.8. The molecule has 1 aliphatic carbocycles. The lowest BCUT2D eigenvalue weighted by Crippen LogP contribution is -2.34. The molecule has 0 atom stereocenters. The average Bonchev–Trinajstić information content (AvgIpc) is 3.07. The van der Waals surface area contributed by atoms with Crippen LogP contribution in [0.5, 0.6) is 11.5 Å². The van der Waals surface area contributed by atoms with Crippen molar-refractivity contribution in [1.82, 2.24) is 4.90 Å². The molecule has 0 aromatic heterocycles. The molecule has 0 spiro atoms. The van der Waals surface area contributed by atoms with E-state index in [1.54, 1.807) is 17.0 Å². The molecule has 0 aliphatic heterocycles. The lowest BCUT2D eigenvalue weighted by molar-refractivity contribution is -0.131. The summed E-state index contributed by atoms with van der Waals surface area (Å²) in [5.41, 5.74) is 6.60. The van der Waals surface area contributed by atoms with Crippen LogP contribution in [0.15, 0.2) is 30.0 Å². The number of allylic oxidation sites excluding steroid dienone is 2. The SMILES string of the molecule is CCN(C(=O)COc1cc(OC)ccc1C(N)=O)C1=CCCC1. The largest absolute Gasteiger partial charge is 0.497 e. The lowest BCUT2D eigenvalue weighted by Gasteiger charge is -2.22. The Morgan fingerprint density at radius 1 is 1.35 bits per heavy atom. The van der Waals surface area contributed by atoms with Gasteiger partial charge in [0.2, 0.25) is 0 Å². The van der Waals surface area contributed by atoms with E-state index >= 15 is 0 Å². The molecule has 0 saturated heterocycles. The molecule has 0 unspecified atom stereocenters. The topological polar surface area (TPSA) is 81.9 Å². The Kier molecular flexibility index (Phi) is 5.62. The lowest BCUT2D eigenvalue weighted by atomic mass is 10.2. The number of benzene rings is 1. The van der Waals surface area contributed by atoms with Crippen molar-refractivity contribution in [2.75, 3.05) is 20.3 Å². The summed E-state index contributed by atoms with van der Waals surface area (Å²) < 4.78 is 10.7. The Bertz CT molecular complexity index is 625. The highest BCUT2D eigenvalue weighted by molar-refractivity contribution is 5.96. The third kappa shape index (κ3) is 4.03. The number of ether oxygens (including phenoxy) is 2. The Morgan fingerprint density at radius 3 is 2.70 bits per heavy atom. The number of nitrogens with zero attached hydrogens (tertiary/aromatic N) is 1. The molecule has 0 fully saturated rings. The number of rotatable bonds is 7. The first-order valence-electron chi connectivity index (χ1n) is 7.66. The number of hydrogen-bond donors (Lipinski definition) is 1. The van der Waals surface area contributed by atoms with Gasteiger partial charge in [0.05, 0.1) is 12.7 Å². The van der Waals surface area contributed by atoms with Crippen molar-refractivity contribution in [3.63, 3.8) is 0 Å². The van der Waals surface area contributed by atoms with Gasteiger partial charge in [-0.15, -0.1) is 0 Å². The van der Waals surface area contributed by atoms with Gasteiger partial charge in [0.1, 0.15) is 11.5 Å². The normalized spacial score (nSPS) is 13.4. The highest BCUT2D eigenvalue weighted by Gasteiger charge is 2.20. The number of amides is 2. The Labute approximate surface area is 135 Å². The highest BCUT2D eigenvalue weighted by Crippen LogP contribution is 2.25. The van der Waals surface area contributed by atoms with Crippen LogP contribution in [0.2, 0.25) is 0 Å². The van der Waals surface area contributed by atoms with Gasteiger partial charge in [0.15, 0.2) is 6.61 Å². The van der Waals surface area contributed by atoms with Crippen LogP contribution in [-0.2, 0) is 4.79 Å². The third-order valence-corrected chi connectivity index (χ3v) is 3.79. The van der Waals surface area contributed by atoms with Gasteiger partial charge in [0, 0.05) is 18.3 Å². The van der Waals surface area contributed by atoms with E-state index in [9.17, 15) is 9.59 Å². The maximum Gasteiger partial charge on any atom is 0.264 e. The molecule has 2 rings (SSSR count). The second-order valence-electron chi connectivity index (χ2n) is 5.24. The van der Waals surface area contributed by atoms with Crippen LogP contribution in [0.25, 0.3) is 0 Å². The summed E-state index contributed by atoms with van der Waals surface area (Å²) >= 11 is 0. The average molecular weight is 318 g/mol. The zero-order valence-electron chi connectivity index (χ0n) is 13.5. The minimum Gasteiger partial charge on any atom is -0.497 e. The summed E-state index contributed by atoms with van der Waals surface area (Å²) in [6.45, 7) is 2.37. The molecule has 0 bridgehead atoms. The van der Waals surface area contributed by atoms with Crippen LogP contribution >= 0.6 is 0 Å². The van der Waals surface area contributed by atoms with Crippen molar-refractivity contribution in [3.05, 3.63) is 35.5 Å². The van der Waals surface area contributed by atoms with Crippen molar-refractivity contribution in [2.45, 2.75) is 26.2 Å². The quantitative estimate of drug-likeness (QED) is 0.834. The van der Waals surface area contributed by atoms with Crippen molar-refractivity contribution in [2.24, 2.45) is 5.73 Å². The maximum absolute atomic E-state index is 12.4. The number of likely N-dealkylation sites (N-methyl/N-ethyl adjacent to an activating group) is 1. The molecular weight excluding hydrogens is 296 g/mol. The first kappa shape index (κ1) is 16.9. The van der Waals surface area contributed by atoms with Crippen LogP contribution in [0.4, 0.5) is 0 Å². The summed E-state index contributed by atoms with van der Waals surface area (Å²) in [6.07, 6.45) is 5.07. The van der Waals surface area contributed by atoms with Crippen LogP contribution in [0.1, 0.15) is 36.5 Å². The summed E-state index contributed by atoms with van der Waals surface area (Å²) in [7, 11) is 1.51. The molecule has 6 nitrogen and oxygen atoms in total. The van der Waals surface area contributed by atoms with Crippen molar-refractivity contribution in [3.8, 4) is 11.5 Å². The van der Waals surface area contributed by atoms with Gasteiger partial charge < -0.3 is 20.1 Å². The van der Waals surface area contributed by atoms with Crippen LogP contribution in [-0.4, -0.2) is 37.0 Å². The fourth-order valence-corrected chi connectivity index (χ4v) is 2.61. The molecular formula is C17H22N2O4. The number of carbonyl (C=O) groups is 2. The molecule has 0 heterocycles. The van der Waals surface area contributed by atoms with E-state index in [-0.39, 0.29) is 23.8 Å². The smallest absolute Gasteiger partial charge is 0.264 e. The van der Waals surface area contributed by atoms with Gasteiger partial charge in [-0.25, -0.2) is 0 Å². The van der Waals surface area contributed by atoms with Crippen molar-refractivity contribution < 1.29 is 19.1 Å². The molecule has 2 N–H and O–H groups in total. The molecule has 1 aliphatic rings. The number of carbonyl (C=O) groups excluding carboxylic acids is 2. The fourth-order valence-electron chi connectivity index (χ4n) is 2.61. The van der Waals surface area contributed by atoms with Gasteiger partial charge in [-0.1, -0.05) is 6.08 Å². The van der Waals surface area contributed by atoms with Crippen molar-refractivity contribution in [1.29, 1.82) is 0 Å². The van der Waals surface area contributed by atoms with Gasteiger partial charge in [-0.3, -0.25) is 9.59 Å². The third-order valence-electron chi connectivity index (χ3n) is 3.79. The first-order chi connectivity index (χ1) is 11.1. The second kappa shape index (κ2) is 7.67. The summed E-state index contributed by atoms with van der Waals surface area (Å²) in [5.74, 6) is 0.0322. The second-order valence-corrected chi connectivity index (χ2v) is 5.24. The Balaban J connectivity index is 2.09. The maximum atomic E-state index is 12.4. The number of methoxy groups -OCH3 is 1. The molecule has 1 aromatic rings. The fraction of sp³-hybridized carbons (Fsp3) is 0.412. The van der Waals surface area contributed by atoms with Crippen LogP contribution in [0, 0.1) is 0 Å². The highest BCUT2D eigenvalue weighted by atomic mass is 16.5. The number of hydrogen-bond acceptors (Lipinski definition) is 4. The molecule has 0 saturated carbocycles. The molecule has 124 valence electrons.